The maximum atomic E-state index is 12.4. The molecule has 0 spiro atoms. The van der Waals surface area contributed by atoms with Gasteiger partial charge in [0.25, 0.3) is 5.91 Å². The number of nitrogens with one attached hydrogen (secondary N) is 1. The maximum absolute atomic E-state index is 12.4. The molecule has 0 saturated heterocycles. The fourth-order valence-electron chi connectivity index (χ4n) is 2.22. The smallest absolute Gasteiger partial charge is 0.251 e. The third-order valence-electron chi connectivity index (χ3n) is 3.34. The Morgan fingerprint density at radius 2 is 1.95 bits per heavy atom. The molecule has 1 amide bonds. The molecule has 2 aromatic carbocycles. The topological polar surface area (TPSA) is 55.1 Å². The van der Waals surface area contributed by atoms with Crippen molar-refractivity contribution in [2.45, 2.75) is 25.8 Å². The number of carbonyl (C=O) groups is 1. The second kappa shape index (κ2) is 7.14. The highest BCUT2D eigenvalue weighted by molar-refractivity contribution is 6.33. The van der Waals surface area contributed by atoms with Crippen LogP contribution in [0.15, 0.2) is 48.5 Å². The minimum absolute atomic E-state index is 0.000558. The zero-order valence-electron chi connectivity index (χ0n) is 12.0. The summed E-state index contributed by atoms with van der Waals surface area (Å²) < 4.78 is 0. The zero-order valence-corrected chi connectivity index (χ0v) is 12.7. The molecule has 0 aromatic heterocycles. The number of hydrogen-bond donors (Lipinski definition) is 2. The van der Waals surface area contributed by atoms with Crippen LogP contribution in [0, 0.1) is 0 Å². The summed E-state index contributed by atoms with van der Waals surface area (Å²) in [5.41, 5.74) is 7.79. The lowest BCUT2D eigenvalue weighted by atomic mass is 10.0. The minimum atomic E-state index is -0.138. The Balaban J connectivity index is 2.16. The highest BCUT2D eigenvalue weighted by atomic mass is 35.5. The standard InChI is InChI=1S/C17H19ClN2O/c1-2-6-16(12-7-4-3-5-8-12)20-17(21)13-9-10-14(18)15(19)11-13/h3-5,7-11,16H,2,6,19H2,1H3,(H,20,21). The van der Waals surface area contributed by atoms with Crippen LogP contribution in [0.5, 0.6) is 0 Å². The number of rotatable bonds is 5. The number of nitrogens with two attached hydrogens (primary N) is 1. The van der Waals surface area contributed by atoms with E-state index in [1.54, 1.807) is 18.2 Å². The fraction of sp³-hybridized carbons (Fsp3) is 0.235. The number of amides is 1. The van der Waals surface area contributed by atoms with Crippen molar-refractivity contribution in [3.8, 4) is 0 Å². The zero-order chi connectivity index (χ0) is 15.2. The van der Waals surface area contributed by atoms with E-state index in [-0.39, 0.29) is 11.9 Å². The number of anilines is 1. The molecule has 110 valence electrons. The van der Waals surface area contributed by atoms with Gasteiger partial charge in [-0.1, -0.05) is 55.3 Å². The third-order valence-corrected chi connectivity index (χ3v) is 3.69. The Kier molecular flexibility index (Phi) is 5.23. The molecule has 0 heterocycles. The van der Waals surface area contributed by atoms with E-state index in [2.05, 4.69) is 12.2 Å². The van der Waals surface area contributed by atoms with Crippen molar-refractivity contribution in [3.63, 3.8) is 0 Å². The summed E-state index contributed by atoms with van der Waals surface area (Å²) in [5, 5.41) is 3.52. The molecule has 2 rings (SSSR count). The molecular formula is C17H19ClN2O. The van der Waals surface area contributed by atoms with Crippen LogP contribution >= 0.6 is 11.6 Å². The number of benzene rings is 2. The molecule has 0 aliphatic carbocycles. The summed E-state index contributed by atoms with van der Waals surface area (Å²) in [6, 6.07) is 14.9. The summed E-state index contributed by atoms with van der Waals surface area (Å²) in [7, 11) is 0. The van der Waals surface area contributed by atoms with Crippen molar-refractivity contribution in [2.24, 2.45) is 0 Å². The van der Waals surface area contributed by atoms with Crippen molar-refractivity contribution in [1.82, 2.24) is 5.32 Å². The van der Waals surface area contributed by atoms with E-state index in [4.69, 9.17) is 17.3 Å². The molecular weight excluding hydrogens is 284 g/mol. The predicted octanol–water partition coefficient (Wildman–Crippen LogP) is 4.19. The van der Waals surface area contributed by atoms with Gasteiger partial charge in [0.1, 0.15) is 0 Å². The van der Waals surface area contributed by atoms with Crippen LogP contribution in [0.4, 0.5) is 5.69 Å². The van der Waals surface area contributed by atoms with Crippen LogP contribution in [-0.4, -0.2) is 5.91 Å². The van der Waals surface area contributed by atoms with Gasteiger partial charge in [0.15, 0.2) is 0 Å². The number of nitrogen functional groups attached to an aromatic ring is 1. The maximum Gasteiger partial charge on any atom is 0.251 e. The molecule has 0 saturated carbocycles. The highest BCUT2D eigenvalue weighted by Gasteiger charge is 2.15. The van der Waals surface area contributed by atoms with Crippen LogP contribution in [0.2, 0.25) is 5.02 Å². The first kappa shape index (κ1) is 15.4. The van der Waals surface area contributed by atoms with Crippen molar-refractivity contribution < 1.29 is 4.79 Å². The first-order valence-corrected chi connectivity index (χ1v) is 7.40. The lowest BCUT2D eigenvalue weighted by Gasteiger charge is -2.19. The second-order valence-electron chi connectivity index (χ2n) is 4.96. The third kappa shape index (κ3) is 3.99. The summed E-state index contributed by atoms with van der Waals surface area (Å²) in [5.74, 6) is -0.138. The van der Waals surface area contributed by atoms with E-state index in [9.17, 15) is 4.79 Å². The molecule has 4 heteroatoms. The number of halogens is 1. The fourth-order valence-corrected chi connectivity index (χ4v) is 2.34. The van der Waals surface area contributed by atoms with Crippen LogP contribution in [0.25, 0.3) is 0 Å². The largest absolute Gasteiger partial charge is 0.398 e. The van der Waals surface area contributed by atoms with Gasteiger partial charge >= 0.3 is 0 Å². The van der Waals surface area contributed by atoms with Gasteiger partial charge in [-0.2, -0.15) is 0 Å². The molecule has 0 aliphatic rings. The van der Waals surface area contributed by atoms with Gasteiger partial charge in [0.2, 0.25) is 0 Å². The monoisotopic (exact) mass is 302 g/mol. The number of carbonyl (C=O) groups excluding carboxylic acids is 1. The van der Waals surface area contributed by atoms with Gasteiger partial charge in [-0.05, 0) is 30.2 Å². The predicted molar refractivity (Wildman–Crippen MR) is 87.4 cm³/mol. The summed E-state index contributed by atoms with van der Waals surface area (Å²) in [6.07, 6.45) is 1.88. The van der Waals surface area contributed by atoms with Crippen LogP contribution in [0.3, 0.4) is 0 Å². The average molecular weight is 303 g/mol. The van der Waals surface area contributed by atoms with Gasteiger partial charge < -0.3 is 11.1 Å². The first-order valence-electron chi connectivity index (χ1n) is 7.02. The lowest BCUT2D eigenvalue weighted by Crippen LogP contribution is -2.28. The van der Waals surface area contributed by atoms with E-state index in [0.29, 0.717) is 16.3 Å². The van der Waals surface area contributed by atoms with Crippen LogP contribution < -0.4 is 11.1 Å². The van der Waals surface area contributed by atoms with Gasteiger partial charge in [-0.15, -0.1) is 0 Å². The molecule has 3 N–H and O–H groups in total. The quantitative estimate of drug-likeness (QED) is 0.814. The van der Waals surface area contributed by atoms with E-state index in [1.807, 2.05) is 30.3 Å². The van der Waals surface area contributed by atoms with E-state index in [1.165, 1.54) is 0 Å². The Hall–Kier alpha value is -2.00. The molecule has 0 radical (unpaired) electrons. The molecule has 2 aromatic rings. The Labute approximate surface area is 130 Å². The highest BCUT2D eigenvalue weighted by Crippen LogP contribution is 2.22. The normalized spacial score (nSPS) is 11.9. The van der Waals surface area contributed by atoms with Crippen molar-refractivity contribution in [2.75, 3.05) is 5.73 Å². The van der Waals surface area contributed by atoms with Gasteiger partial charge in [0.05, 0.1) is 16.8 Å². The van der Waals surface area contributed by atoms with Gasteiger partial charge in [-0.3, -0.25) is 4.79 Å². The van der Waals surface area contributed by atoms with E-state index >= 15 is 0 Å². The van der Waals surface area contributed by atoms with Crippen molar-refractivity contribution in [3.05, 3.63) is 64.7 Å². The first-order chi connectivity index (χ1) is 10.1. The molecule has 1 atom stereocenters. The molecule has 0 fully saturated rings. The summed E-state index contributed by atoms with van der Waals surface area (Å²) >= 11 is 5.88. The minimum Gasteiger partial charge on any atom is -0.398 e. The summed E-state index contributed by atoms with van der Waals surface area (Å²) in [6.45, 7) is 2.10. The van der Waals surface area contributed by atoms with Crippen LogP contribution in [0.1, 0.15) is 41.7 Å². The average Bonchev–Trinajstić information content (AvgIpc) is 2.50. The van der Waals surface area contributed by atoms with Gasteiger partial charge in [0, 0.05) is 5.56 Å². The SMILES string of the molecule is CCCC(NC(=O)c1ccc(Cl)c(N)c1)c1ccccc1. The van der Waals surface area contributed by atoms with Crippen LogP contribution in [-0.2, 0) is 0 Å². The number of hydrogen-bond acceptors (Lipinski definition) is 2. The Morgan fingerprint density at radius 1 is 1.24 bits per heavy atom. The molecule has 0 bridgehead atoms. The Morgan fingerprint density at radius 3 is 2.57 bits per heavy atom. The van der Waals surface area contributed by atoms with Crippen molar-refractivity contribution in [1.29, 1.82) is 0 Å². The molecule has 1 unspecified atom stereocenters. The van der Waals surface area contributed by atoms with E-state index in [0.717, 1.165) is 18.4 Å². The lowest BCUT2D eigenvalue weighted by molar-refractivity contribution is 0.0934. The molecule has 3 nitrogen and oxygen atoms in total. The Bertz CT molecular complexity index is 613. The summed E-state index contributed by atoms with van der Waals surface area (Å²) in [4.78, 5) is 12.4. The molecule has 21 heavy (non-hydrogen) atoms. The van der Waals surface area contributed by atoms with Gasteiger partial charge in [-0.25, -0.2) is 0 Å². The molecule has 0 aliphatic heterocycles. The van der Waals surface area contributed by atoms with E-state index < -0.39 is 0 Å². The second-order valence-corrected chi connectivity index (χ2v) is 5.37. The van der Waals surface area contributed by atoms with Crippen molar-refractivity contribution >= 4 is 23.2 Å².